The van der Waals surface area contributed by atoms with Crippen LogP contribution in [0, 0.1) is 11.6 Å². The number of nitrogens with two attached hydrogens (primary N) is 1. The second-order valence-corrected chi connectivity index (χ2v) is 6.20. The molecule has 2 aromatic carbocycles. The van der Waals surface area contributed by atoms with Gasteiger partial charge in [-0.1, -0.05) is 34.1 Å². The van der Waals surface area contributed by atoms with Crippen LogP contribution in [-0.4, -0.2) is 17.9 Å². The Kier molecular flexibility index (Phi) is 6.03. The number of nitrogens with one attached hydrogen (secondary N) is 1. The Hall–Kier alpha value is -2.28. The summed E-state index contributed by atoms with van der Waals surface area (Å²) in [6.45, 7) is 0. The van der Waals surface area contributed by atoms with Crippen molar-refractivity contribution in [3.05, 3.63) is 69.7 Å². The Morgan fingerprint density at radius 1 is 1.08 bits per heavy atom. The highest BCUT2D eigenvalue weighted by Crippen LogP contribution is 2.13. The number of carbonyl (C=O) groups excluding carboxylic acids is 2. The lowest BCUT2D eigenvalue weighted by molar-refractivity contribution is -0.127. The molecule has 0 heterocycles. The molecule has 2 rings (SSSR count). The van der Waals surface area contributed by atoms with Gasteiger partial charge in [-0.05, 0) is 35.4 Å². The maximum Gasteiger partial charge on any atom is 0.240 e. The maximum atomic E-state index is 13.2. The molecule has 3 N–H and O–H groups in total. The monoisotopic (exact) mass is 396 g/mol. The van der Waals surface area contributed by atoms with Gasteiger partial charge in [0.2, 0.25) is 11.8 Å². The van der Waals surface area contributed by atoms with Crippen LogP contribution in [0.1, 0.15) is 11.1 Å². The van der Waals surface area contributed by atoms with Crippen LogP contribution in [0.15, 0.2) is 46.9 Å². The fourth-order valence-corrected chi connectivity index (χ4v) is 2.65. The Labute approximate surface area is 146 Å². The zero-order valence-corrected chi connectivity index (χ0v) is 14.1. The molecule has 4 nitrogen and oxygen atoms in total. The summed E-state index contributed by atoms with van der Waals surface area (Å²) in [6, 6.07) is 9.58. The maximum absolute atomic E-state index is 13.2. The van der Waals surface area contributed by atoms with Crippen molar-refractivity contribution in [3.63, 3.8) is 0 Å². The van der Waals surface area contributed by atoms with Crippen molar-refractivity contribution in [3.8, 4) is 0 Å². The van der Waals surface area contributed by atoms with E-state index in [1.807, 2.05) is 18.2 Å². The molecule has 0 saturated heterocycles. The van der Waals surface area contributed by atoms with E-state index in [0.29, 0.717) is 5.56 Å². The van der Waals surface area contributed by atoms with Gasteiger partial charge in [0.05, 0.1) is 6.42 Å². The largest absolute Gasteiger partial charge is 0.368 e. The highest BCUT2D eigenvalue weighted by atomic mass is 79.9. The fraction of sp³-hybridized carbons (Fsp3) is 0.176. The smallest absolute Gasteiger partial charge is 0.240 e. The topological polar surface area (TPSA) is 72.2 Å². The zero-order chi connectivity index (χ0) is 17.7. The molecular formula is C17H15BrF2N2O2. The third kappa shape index (κ3) is 5.13. The van der Waals surface area contributed by atoms with Crippen molar-refractivity contribution < 1.29 is 18.4 Å². The Morgan fingerprint density at radius 2 is 1.83 bits per heavy atom. The van der Waals surface area contributed by atoms with Crippen LogP contribution in [-0.2, 0) is 22.4 Å². The minimum Gasteiger partial charge on any atom is -0.368 e. The zero-order valence-electron chi connectivity index (χ0n) is 12.6. The molecule has 7 heteroatoms. The lowest BCUT2D eigenvalue weighted by Crippen LogP contribution is -2.46. The number of hydrogen-bond acceptors (Lipinski definition) is 2. The van der Waals surface area contributed by atoms with E-state index in [4.69, 9.17) is 5.73 Å². The van der Waals surface area contributed by atoms with E-state index in [9.17, 15) is 18.4 Å². The van der Waals surface area contributed by atoms with Gasteiger partial charge < -0.3 is 11.1 Å². The van der Waals surface area contributed by atoms with Crippen molar-refractivity contribution >= 4 is 27.7 Å². The van der Waals surface area contributed by atoms with E-state index >= 15 is 0 Å². The average Bonchev–Trinajstić information content (AvgIpc) is 2.50. The van der Waals surface area contributed by atoms with Gasteiger partial charge in [0.15, 0.2) is 11.6 Å². The number of halogens is 3. The Morgan fingerprint density at radius 3 is 2.46 bits per heavy atom. The van der Waals surface area contributed by atoms with Crippen molar-refractivity contribution in [1.29, 1.82) is 0 Å². The van der Waals surface area contributed by atoms with Crippen molar-refractivity contribution in [2.24, 2.45) is 5.73 Å². The number of carbonyl (C=O) groups is 2. The second kappa shape index (κ2) is 8.01. The lowest BCUT2D eigenvalue weighted by Gasteiger charge is -2.16. The highest BCUT2D eigenvalue weighted by Gasteiger charge is 2.19. The van der Waals surface area contributed by atoms with E-state index in [1.165, 1.54) is 6.07 Å². The molecule has 0 bridgehead atoms. The van der Waals surface area contributed by atoms with Crippen LogP contribution in [0.25, 0.3) is 0 Å². The number of benzene rings is 2. The van der Waals surface area contributed by atoms with E-state index in [1.54, 1.807) is 6.07 Å². The van der Waals surface area contributed by atoms with Gasteiger partial charge in [0, 0.05) is 10.9 Å². The quantitative estimate of drug-likeness (QED) is 0.786. The van der Waals surface area contributed by atoms with Crippen LogP contribution in [0.2, 0.25) is 0 Å². The molecule has 0 aromatic heterocycles. The van der Waals surface area contributed by atoms with Crippen LogP contribution >= 0.6 is 15.9 Å². The van der Waals surface area contributed by atoms with E-state index in [-0.39, 0.29) is 12.8 Å². The molecule has 1 atom stereocenters. The van der Waals surface area contributed by atoms with Crippen LogP contribution in [0.3, 0.4) is 0 Å². The molecule has 2 aromatic rings. The summed E-state index contributed by atoms with van der Waals surface area (Å²) in [6.07, 6.45) is 0.0533. The molecule has 24 heavy (non-hydrogen) atoms. The molecule has 0 aliphatic carbocycles. The Bertz CT molecular complexity index is 768. The molecule has 0 radical (unpaired) electrons. The molecule has 2 amide bonds. The van der Waals surface area contributed by atoms with Crippen LogP contribution in [0.5, 0.6) is 0 Å². The summed E-state index contributed by atoms with van der Waals surface area (Å²) in [4.78, 5) is 23.6. The SMILES string of the molecule is NC(=O)[C@@H](Cc1cccc(Br)c1)NC(=O)Cc1ccc(F)c(F)c1. The summed E-state index contributed by atoms with van der Waals surface area (Å²) in [5.74, 6) is -3.18. The molecule has 0 unspecified atom stereocenters. The average molecular weight is 397 g/mol. The standard InChI is InChI=1S/C17H15BrF2N2O2/c18-12-3-1-2-10(6-12)8-15(17(21)24)22-16(23)9-11-4-5-13(19)14(20)7-11/h1-7,15H,8-9H2,(H2,21,24)(H,22,23)/t15-/m1/s1. The van der Waals surface area contributed by atoms with Gasteiger partial charge in [0.1, 0.15) is 6.04 Å². The van der Waals surface area contributed by atoms with E-state index < -0.39 is 29.5 Å². The van der Waals surface area contributed by atoms with Crippen LogP contribution < -0.4 is 11.1 Å². The summed E-state index contributed by atoms with van der Waals surface area (Å²) < 4.78 is 26.9. The predicted molar refractivity (Wildman–Crippen MR) is 89.0 cm³/mol. The van der Waals surface area contributed by atoms with Crippen molar-refractivity contribution in [2.45, 2.75) is 18.9 Å². The summed E-state index contributed by atoms with van der Waals surface area (Å²) in [7, 11) is 0. The first-order chi connectivity index (χ1) is 11.3. The molecule has 126 valence electrons. The summed E-state index contributed by atoms with van der Waals surface area (Å²) in [5, 5.41) is 2.52. The van der Waals surface area contributed by atoms with E-state index in [0.717, 1.165) is 22.2 Å². The number of rotatable bonds is 6. The minimum absolute atomic E-state index is 0.181. The minimum atomic E-state index is -1.03. The normalized spacial score (nSPS) is 11.8. The third-order valence-corrected chi connectivity index (χ3v) is 3.85. The van der Waals surface area contributed by atoms with Crippen molar-refractivity contribution in [1.82, 2.24) is 5.32 Å². The lowest BCUT2D eigenvalue weighted by atomic mass is 10.0. The summed E-state index contributed by atoms with van der Waals surface area (Å²) >= 11 is 3.33. The predicted octanol–water partition coefficient (Wildman–Crippen LogP) is 2.48. The van der Waals surface area contributed by atoms with Crippen LogP contribution in [0.4, 0.5) is 8.78 Å². The number of hydrogen-bond donors (Lipinski definition) is 2. The molecular weight excluding hydrogens is 382 g/mol. The molecule has 0 fully saturated rings. The second-order valence-electron chi connectivity index (χ2n) is 5.28. The number of primary amides is 1. The first kappa shape index (κ1) is 18.1. The van der Waals surface area contributed by atoms with E-state index in [2.05, 4.69) is 21.2 Å². The molecule has 0 saturated carbocycles. The van der Waals surface area contributed by atoms with Gasteiger partial charge in [0.25, 0.3) is 0 Å². The summed E-state index contributed by atoms with van der Waals surface area (Å²) in [5.41, 5.74) is 6.46. The third-order valence-electron chi connectivity index (χ3n) is 3.36. The Balaban J connectivity index is 2.02. The fourth-order valence-electron chi connectivity index (χ4n) is 2.20. The van der Waals surface area contributed by atoms with Gasteiger partial charge in [-0.2, -0.15) is 0 Å². The van der Waals surface area contributed by atoms with Gasteiger partial charge in [-0.25, -0.2) is 8.78 Å². The molecule has 0 aliphatic rings. The first-order valence-corrected chi connectivity index (χ1v) is 7.91. The van der Waals surface area contributed by atoms with Gasteiger partial charge in [-0.15, -0.1) is 0 Å². The highest BCUT2D eigenvalue weighted by molar-refractivity contribution is 9.10. The molecule has 0 spiro atoms. The molecule has 0 aliphatic heterocycles. The van der Waals surface area contributed by atoms with Gasteiger partial charge in [-0.3, -0.25) is 9.59 Å². The number of amides is 2. The van der Waals surface area contributed by atoms with Crippen molar-refractivity contribution in [2.75, 3.05) is 0 Å². The van der Waals surface area contributed by atoms with Gasteiger partial charge >= 0.3 is 0 Å². The first-order valence-electron chi connectivity index (χ1n) is 7.12.